The molecular formula is C15H15N3S2. The zero-order chi connectivity index (χ0) is 14.2. The third kappa shape index (κ3) is 2.55. The molecule has 0 radical (unpaired) electrons. The molecule has 0 bridgehead atoms. The van der Waals surface area contributed by atoms with Gasteiger partial charge in [0.25, 0.3) is 0 Å². The van der Waals surface area contributed by atoms with E-state index in [0.717, 1.165) is 21.4 Å². The smallest absolute Gasteiger partial charge is 0.163 e. The summed E-state index contributed by atoms with van der Waals surface area (Å²) in [5, 5.41) is 5.42. The van der Waals surface area contributed by atoms with E-state index < -0.39 is 0 Å². The number of hydrogen-bond acceptors (Lipinski definition) is 4. The first-order chi connectivity index (χ1) is 9.56. The molecule has 3 nitrogen and oxygen atoms in total. The Balaban J connectivity index is 1.79. The Morgan fingerprint density at radius 1 is 1.25 bits per heavy atom. The predicted molar refractivity (Wildman–Crippen MR) is 90.3 cm³/mol. The van der Waals surface area contributed by atoms with E-state index in [0.29, 0.717) is 0 Å². The largest absolute Gasteiger partial charge is 0.353 e. The van der Waals surface area contributed by atoms with Crippen molar-refractivity contribution in [3.8, 4) is 0 Å². The average molecular weight is 301 g/mol. The van der Waals surface area contributed by atoms with Crippen LogP contribution in [-0.4, -0.2) is 20.7 Å². The molecule has 3 rings (SSSR count). The highest BCUT2D eigenvalue weighted by Crippen LogP contribution is 2.24. The number of hydrogen-bond donors (Lipinski definition) is 1. The average Bonchev–Trinajstić information content (AvgIpc) is 2.70. The van der Waals surface area contributed by atoms with Gasteiger partial charge < -0.3 is 5.32 Å². The second kappa shape index (κ2) is 5.14. The van der Waals surface area contributed by atoms with Gasteiger partial charge in [-0.05, 0) is 25.5 Å². The van der Waals surface area contributed by atoms with Gasteiger partial charge in [0.2, 0.25) is 0 Å². The molecule has 1 aliphatic rings. The van der Waals surface area contributed by atoms with Gasteiger partial charge in [0.05, 0.1) is 11.1 Å². The van der Waals surface area contributed by atoms with Crippen LogP contribution in [0.5, 0.6) is 0 Å². The monoisotopic (exact) mass is 301 g/mol. The quantitative estimate of drug-likeness (QED) is 0.861. The van der Waals surface area contributed by atoms with E-state index in [4.69, 9.17) is 12.2 Å². The number of rotatable bonds is 2. The van der Waals surface area contributed by atoms with Crippen molar-refractivity contribution < 1.29 is 0 Å². The molecule has 1 aromatic heterocycles. The zero-order valence-corrected chi connectivity index (χ0v) is 13.0. The Kier molecular flexibility index (Phi) is 3.48. The van der Waals surface area contributed by atoms with Crippen LogP contribution in [0.25, 0.3) is 10.9 Å². The molecule has 0 amide bonds. The Morgan fingerprint density at radius 2 is 2.05 bits per heavy atom. The number of aliphatic imine (C=N–C) groups is 1. The van der Waals surface area contributed by atoms with Gasteiger partial charge in [-0.15, -0.1) is 0 Å². The fraction of sp³-hybridized carbons (Fsp3) is 0.267. The minimum Gasteiger partial charge on any atom is -0.353 e. The maximum absolute atomic E-state index is 5.26. The maximum Gasteiger partial charge on any atom is 0.163 e. The second-order valence-electron chi connectivity index (χ2n) is 5.25. The van der Waals surface area contributed by atoms with Crippen molar-refractivity contribution in [3.05, 3.63) is 42.1 Å². The highest BCUT2D eigenvalue weighted by molar-refractivity contribution is 8.13. The van der Waals surface area contributed by atoms with Crippen molar-refractivity contribution in [2.24, 2.45) is 4.99 Å². The highest BCUT2D eigenvalue weighted by Gasteiger charge is 2.30. The standard InChI is InChI=1S/C15H15N3S2/c1-15(2)13(19)17-14(18-15)20-9-11-6-3-5-10-7-4-8-16-12(10)11/h3-8H,9H2,1-2H3,(H,17,18,19). The Morgan fingerprint density at radius 3 is 2.80 bits per heavy atom. The van der Waals surface area contributed by atoms with E-state index in [2.05, 4.69) is 39.6 Å². The van der Waals surface area contributed by atoms with Crippen molar-refractivity contribution in [2.45, 2.75) is 25.1 Å². The minimum absolute atomic E-state index is 0.214. The molecule has 5 heteroatoms. The third-order valence-corrected chi connectivity index (χ3v) is 4.76. The molecule has 1 aromatic carbocycles. The number of nitrogens with one attached hydrogen (secondary N) is 1. The number of para-hydroxylation sites is 1. The summed E-state index contributed by atoms with van der Waals surface area (Å²) in [6, 6.07) is 10.3. The van der Waals surface area contributed by atoms with Crippen LogP contribution in [0.1, 0.15) is 19.4 Å². The lowest BCUT2D eigenvalue weighted by Gasteiger charge is -2.18. The molecule has 0 spiro atoms. The van der Waals surface area contributed by atoms with Gasteiger partial charge in [0, 0.05) is 17.3 Å². The van der Waals surface area contributed by atoms with Crippen molar-refractivity contribution in [1.29, 1.82) is 0 Å². The summed E-state index contributed by atoms with van der Waals surface area (Å²) in [5.41, 5.74) is 2.06. The fourth-order valence-corrected chi connectivity index (χ4v) is 3.29. The summed E-state index contributed by atoms with van der Waals surface area (Å²) >= 11 is 6.93. The molecule has 0 aliphatic carbocycles. The van der Waals surface area contributed by atoms with Crippen LogP contribution in [0, 0.1) is 0 Å². The number of thioether (sulfide) groups is 1. The van der Waals surface area contributed by atoms with E-state index in [-0.39, 0.29) is 5.54 Å². The summed E-state index contributed by atoms with van der Waals surface area (Å²) in [4.78, 5) is 9.61. The first-order valence-electron chi connectivity index (χ1n) is 6.43. The molecule has 0 atom stereocenters. The van der Waals surface area contributed by atoms with Gasteiger partial charge in [0.1, 0.15) is 4.99 Å². The summed E-state index contributed by atoms with van der Waals surface area (Å²) in [6.45, 7) is 4.09. The van der Waals surface area contributed by atoms with Crippen LogP contribution in [0.2, 0.25) is 0 Å². The van der Waals surface area contributed by atoms with Gasteiger partial charge in [-0.1, -0.05) is 48.2 Å². The van der Waals surface area contributed by atoms with Crippen molar-refractivity contribution >= 4 is 45.0 Å². The van der Waals surface area contributed by atoms with E-state index >= 15 is 0 Å². The maximum atomic E-state index is 5.26. The number of aromatic nitrogens is 1. The van der Waals surface area contributed by atoms with Crippen LogP contribution < -0.4 is 5.32 Å². The van der Waals surface area contributed by atoms with E-state index in [1.54, 1.807) is 11.8 Å². The third-order valence-electron chi connectivity index (χ3n) is 3.24. The molecule has 0 saturated heterocycles. The number of thiocarbonyl (C=S) groups is 1. The number of fused-ring (bicyclic) bond motifs is 1. The molecule has 0 saturated carbocycles. The number of benzene rings is 1. The first-order valence-corrected chi connectivity index (χ1v) is 7.82. The molecule has 0 fully saturated rings. The second-order valence-corrected chi connectivity index (χ2v) is 6.60. The summed E-state index contributed by atoms with van der Waals surface area (Å²) in [6.07, 6.45) is 1.83. The first kappa shape index (κ1) is 13.5. The summed E-state index contributed by atoms with van der Waals surface area (Å²) in [7, 11) is 0. The van der Waals surface area contributed by atoms with E-state index in [1.165, 1.54) is 10.9 Å². The van der Waals surface area contributed by atoms with Crippen molar-refractivity contribution in [1.82, 2.24) is 10.3 Å². The van der Waals surface area contributed by atoms with Gasteiger partial charge in [-0.25, -0.2) is 4.99 Å². The lowest BCUT2D eigenvalue weighted by atomic mass is 10.1. The van der Waals surface area contributed by atoms with Gasteiger partial charge in [-0.3, -0.25) is 4.98 Å². The van der Waals surface area contributed by atoms with Gasteiger partial charge in [-0.2, -0.15) is 0 Å². The number of amidine groups is 1. The Hall–Kier alpha value is -1.46. The molecule has 2 heterocycles. The predicted octanol–water partition coefficient (Wildman–Crippen LogP) is 3.53. The van der Waals surface area contributed by atoms with Gasteiger partial charge in [0.15, 0.2) is 5.17 Å². The molecule has 1 N–H and O–H groups in total. The van der Waals surface area contributed by atoms with Crippen LogP contribution in [0.3, 0.4) is 0 Å². The van der Waals surface area contributed by atoms with Crippen molar-refractivity contribution in [3.63, 3.8) is 0 Å². The number of pyridine rings is 1. The van der Waals surface area contributed by atoms with Gasteiger partial charge >= 0.3 is 0 Å². The summed E-state index contributed by atoms with van der Waals surface area (Å²) in [5.74, 6) is 0.832. The zero-order valence-electron chi connectivity index (χ0n) is 11.4. The van der Waals surface area contributed by atoms with E-state index in [9.17, 15) is 0 Å². The minimum atomic E-state index is -0.214. The lowest BCUT2D eigenvalue weighted by Crippen LogP contribution is -2.40. The van der Waals surface area contributed by atoms with Crippen LogP contribution >= 0.6 is 24.0 Å². The Bertz CT molecular complexity index is 702. The summed E-state index contributed by atoms with van der Waals surface area (Å²) < 4.78 is 0. The van der Waals surface area contributed by atoms with Crippen LogP contribution in [0.4, 0.5) is 0 Å². The van der Waals surface area contributed by atoms with E-state index in [1.807, 2.05) is 26.1 Å². The normalized spacial score (nSPS) is 17.1. The molecular weight excluding hydrogens is 286 g/mol. The molecule has 0 unspecified atom stereocenters. The van der Waals surface area contributed by atoms with Crippen LogP contribution in [0.15, 0.2) is 41.5 Å². The molecule has 102 valence electrons. The molecule has 20 heavy (non-hydrogen) atoms. The highest BCUT2D eigenvalue weighted by atomic mass is 32.2. The topological polar surface area (TPSA) is 37.3 Å². The lowest BCUT2D eigenvalue weighted by molar-refractivity contribution is 0.644. The van der Waals surface area contributed by atoms with Crippen LogP contribution in [-0.2, 0) is 5.75 Å². The van der Waals surface area contributed by atoms with Crippen molar-refractivity contribution in [2.75, 3.05) is 0 Å². The Labute approximate surface area is 127 Å². The molecule has 1 aliphatic heterocycles. The number of nitrogens with zero attached hydrogens (tertiary/aromatic N) is 2. The molecule has 2 aromatic rings. The SMILES string of the molecule is CC1(C)NC(SCc2cccc3cccnc23)=NC1=S. The fourth-order valence-electron chi connectivity index (χ4n) is 2.08.